The van der Waals surface area contributed by atoms with Gasteiger partial charge in [-0.1, -0.05) is 17.9 Å². The third-order valence-electron chi connectivity index (χ3n) is 1.53. The second-order valence-corrected chi connectivity index (χ2v) is 2.97. The Kier molecular flexibility index (Phi) is 3.53. The van der Waals surface area contributed by atoms with E-state index in [1.54, 1.807) is 18.2 Å². The number of hydrogen-bond donors (Lipinski definition) is 3. The Hall–Kier alpha value is -1.27. The van der Waals surface area contributed by atoms with E-state index < -0.39 is 0 Å². The van der Waals surface area contributed by atoms with Gasteiger partial charge in [0.05, 0.1) is 11.3 Å². The van der Waals surface area contributed by atoms with Gasteiger partial charge in [-0.25, -0.2) is 0 Å². The first-order valence-electron chi connectivity index (χ1n) is 3.93. The Morgan fingerprint density at radius 3 is 2.92 bits per heavy atom. The maximum absolute atomic E-state index is 9.45. The van der Waals surface area contributed by atoms with Crippen LogP contribution in [0.3, 0.4) is 0 Å². The number of rotatable bonds is 1. The van der Waals surface area contributed by atoms with Crippen LogP contribution in [-0.4, -0.2) is 10.9 Å². The van der Waals surface area contributed by atoms with E-state index in [1.165, 1.54) is 0 Å². The fraction of sp³-hybridized carbons (Fsp3) is 0.200. The van der Waals surface area contributed by atoms with E-state index in [9.17, 15) is 5.11 Å². The number of nitrogens with two attached hydrogens (primary N) is 1. The fourth-order valence-corrected chi connectivity index (χ4v) is 0.988. The van der Waals surface area contributed by atoms with Crippen molar-refractivity contribution >= 4 is 18.3 Å². The highest BCUT2D eigenvalue weighted by atomic mass is 32.1. The number of aromatic hydroxyl groups is 1. The third kappa shape index (κ3) is 2.60. The van der Waals surface area contributed by atoms with E-state index in [0.717, 1.165) is 5.75 Å². The van der Waals surface area contributed by atoms with Crippen molar-refractivity contribution < 1.29 is 5.11 Å². The van der Waals surface area contributed by atoms with Crippen LogP contribution in [0.25, 0.3) is 0 Å². The second-order valence-electron chi connectivity index (χ2n) is 2.52. The predicted octanol–water partition coefficient (Wildman–Crippen LogP) is 1.65. The van der Waals surface area contributed by atoms with Gasteiger partial charge in [-0.2, -0.15) is 12.6 Å². The highest BCUT2D eigenvalue weighted by Gasteiger charge is 1.99. The Morgan fingerprint density at radius 2 is 2.23 bits per heavy atom. The molecule has 0 amide bonds. The zero-order valence-corrected chi connectivity index (χ0v) is 8.01. The highest BCUT2D eigenvalue weighted by Crippen LogP contribution is 2.23. The molecule has 1 aromatic carbocycles. The standard InChI is InChI=1S/C10H11NOS/c11-9-6-3-5-8(10(9)12)4-1-2-7-13/h3,5-6,12-13H,2,7,11H2. The minimum Gasteiger partial charge on any atom is -0.505 e. The van der Waals surface area contributed by atoms with E-state index in [4.69, 9.17) is 5.73 Å². The van der Waals surface area contributed by atoms with E-state index in [-0.39, 0.29) is 5.75 Å². The Bertz CT molecular complexity index is 352. The lowest BCUT2D eigenvalue weighted by Crippen LogP contribution is -1.87. The van der Waals surface area contributed by atoms with E-state index >= 15 is 0 Å². The zero-order valence-electron chi connectivity index (χ0n) is 7.12. The number of benzene rings is 1. The van der Waals surface area contributed by atoms with Crippen molar-refractivity contribution in [3.63, 3.8) is 0 Å². The van der Waals surface area contributed by atoms with Gasteiger partial charge in [0.1, 0.15) is 0 Å². The summed E-state index contributed by atoms with van der Waals surface area (Å²) in [5, 5.41) is 9.45. The molecule has 3 heteroatoms. The summed E-state index contributed by atoms with van der Waals surface area (Å²) in [4.78, 5) is 0. The average Bonchev–Trinajstić information content (AvgIpc) is 2.13. The quantitative estimate of drug-likeness (QED) is 0.275. The van der Waals surface area contributed by atoms with Crippen molar-refractivity contribution in [1.82, 2.24) is 0 Å². The van der Waals surface area contributed by atoms with Gasteiger partial charge in [0.15, 0.2) is 5.75 Å². The van der Waals surface area contributed by atoms with Crippen LogP contribution in [-0.2, 0) is 0 Å². The molecule has 1 rings (SSSR count). The smallest absolute Gasteiger partial charge is 0.154 e. The van der Waals surface area contributed by atoms with Crippen LogP contribution in [0.15, 0.2) is 18.2 Å². The van der Waals surface area contributed by atoms with E-state index in [2.05, 4.69) is 24.5 Å². The minimum absolute atomic E-state index is 0.0640. The molecule has 0 aliphatic heterocycles. The fourth-order valence-electron chi connectivity index (χ4n) is 0.876. The molecule has 0 unspecified atom stereocenters. The zero-order chi connectivity index (χ0) is 9.68. The lowest BCUT2D eigenvalue weighted by molar-refractivity contribution is 0.476. The molecule has 1 aromatic rings. The molecule has 0 aromatic heterocycles. The third-order valence-corrected chi connectivity index (χ3v) is 1.75. The number of hydrogen-bond acceptors (Lipinski definition) is 3. The van der Waals surface area contributed by atoms with Gasteiger partial charge < -0.3 is 10.8 Å². The molecule has 68 valence electrons. The van der Waals surface area contributed by atoms with Gasteiger partial charge in [-0.05, 0) is 12.1 Å². The van der Waals surface area contributed by atoms with Crippen LogP contribution < -0.4 is 5.73 Å². The molecule has 0 fully saturated rings. The number of nitrogen functional groups attached to an aromatic ring is 1. The van der Waals surface area contributed by atoms with Crippen LogP contribution in [0.4, 0.5) is 5.69 Å². The van der Waals surface area contributed by atoms with Crippen molar-refractivity contribution in [3.05, 3.63) is 23.8 Å². The van der Waals surface area contributed by atoms with Crippen molar-refractivity contribution in [2.45, 2.75) is 6.42 Å². The summed E-state index contributed by atoms with van der Waals surface area (Å²) in [7, 11) is 0. The maximum Gasteiger partial charge on any atom is 0.154 e. The first kappa shape index (κ1) is 9.82. The summed E-state index contributed by atoms with van der Waals surface area (Å²) in [6.07, 6.45) is 0.706. The van der Waals surface area contributed by atoms with Gasteiger partial charge in [0, 0.05) is 12.2 Å². The number of phenols is 1. The maximum atomic E-state index is 9.45. The number of anilines is 1. The van der Waals surface area contributed by atoms with Crippen LogP contribution in [0.1, 0.15) is 12.0 Å². The molecule has 0 radical (unpaired) electrons. The Labute approximate surface area is 83.2 Å². The summed E-state index contributed by atoms with van der Waals surface area (Å²) < 4.78 is 0. The summed E-state index contributed by atoms with van der Waals surface area (Å²) in [6, 6.07) is 5.14. The normalized spacial score (nSPS) is 9.00. The lowest BCUT2D eigenvalue weighted by atomic mass is 10.2. The lowest BCUT2D eigenvalue weighted by Gasteiger charge is -1.99. The molecule has 0 bridgehead atoms. The van der Waals surface area contributed by atoms with Crippen LogP contribution in [0, 0.1) is 11.8 Å². The van der Waals surface area contributed by atoms with Gasteiger partial charge in [-0.15, -0.1) is 0 Å². The van der Waals surface area contributed by atoms with Gasteiger partial charge >= 0.3 is 0 Å². The molecule has 0 atom stereocenters. The summed E-state index contributed by atoms with van der Waals surface area (Å²) >= 11 is 4.02. The van der Waals surface area contributed by atoms with Crippen molar-refractivity contribution in [2.75, 3.05) is 11.5 Å². The average molecular weight is 193 g/mol. The SMILES string of the molecule is Nc1cccc(C#CCCS)c1O. The van der Waals surface area contributed by atoms with E-state index in [0.29, 0.717) is 17.7 Å². The summed E-state index contributed by atoms with van der Waals surface area (Å²) in [5.41, 5.74) is 6.42. The molecule has 0 spiro atoms. The summed E-state index contributed by atoms with van der Waals surface area (Å²) in [5.74, 6) is 6.49. The van der Waals surface area contributed by atoms with Crippen LogP contribution in [0.5, 0.6) is 5.75 Å². The first-order chi connectivity index (χ1) is 6.25. The minimum atomic E-state index is 0.0640. The summed E-state index contributed by atoms with van der Waals surface area (Å²) in [6.45, 7) is 0. The molecule has 0 heterocycles. The molecule has 0 saturated carbocycles. The first-order valence-corrected chi connectivity index (χ1v) is 4.56. The van der Waals surface area contributed by atoms with Crippen molar-refractivity contribution in [2.24, 2.45) is 0 Å². The van der Waals surface area contributed by atoms with Crippen LogP contribution in [0.2, 0.25) is 0 Å². The molecule has 0 saturated heterocycles. The van der Waals surface area contributed by atoms with Crippen LogP contribution >= 0.6 is 12.6 Å². The topological polar surface area (TPSA) is 46.2 Å². The Morgan fingerprint density at radius 1 is 1.46 bits per heavy atom. The molecule has 0 aliphatic carbocycles. The molecule has 0 aliphatic rings. The molecular weight excluding hydrogens is 182 g/mol. The molecule has 2 nitrogen and oxygen atoms in total. The predicted molar refractivity (Wildman–Crippen MR) is 57.9 cm³/mol. The Balaban J connectivity index is 2.91. The molecule has 13 heavy (non-hydrogen) atoms. The van der Waals surface area contributed by atoms with Crippen molar-refractivity contribution in [3.8, 4) is 17.6 Å². The largest absolute Gasteiger partial charge is 0.505 e. The molecular formula is C10H11NOS. The van der Waals surface area contributed by atoms with Gasteiger partial charge in [0.2, 0.25) is 0 Å². The van der Waals surface area contributed by atoms with E-state index in [1.807, 2.05) is 0 Å². The van der Waals surface area contributed by atoms with Gasteiger partial charge in [-0.3, -0.25) is 0 Å². The second kappa shape index (κ2) is 4.68. The van der Waals surface area contributed by atoms with Crippen molar-refractivity contribution in [1.29, 1.82) is 0 Å². The highest BCUT2D eigenvalue weighted by molar-refractivity contribution is 7.80. The number of para-hydroxylation sites is 1. The van der Waals surface area contributed by atoms with Gasteiger partial charge in [0.25, 0.3) is 0 Å². The monoisotopic (exact) mass is 193 g/mol. The number of phenolic OH excluding ortho intramolecular Hbond substituents is 1. The number of thiol groups is 1. The molecule has 3 N–H and O–H groups in total.